The van der Waals surface area contributed by atoms with Gasteiger partial charge in [-0.3, -0.25) is 4.79 Å². The lowest BCUT2D eigenvalue weighted by Crippen LogP contribution is -2.15. The Kier molecular flexibility index (Phi) is 5.60. The molecule has 1 heterocycles. The third kappa shape index (κ3) is 4.10. The molecule has 0 atom stereocenters. The summed E-state index contributed by atoms with van der Waals surface area (Å²) >= 11 is 1.42. The van der Waals surface area contributed by atoms with Gasteiger partial charge in [-0.15, -0.1) is 10.2 Å². The van der Waals surface area contributed by atoms with Gasteiger partial charge < -0.3 is 9.88 Å². The Morgan fingerprint density at radius 3 is 2.45 bits per heavy atom. The van der Waals surface area contributed by atoms with Crippen molar-refractivity contribution in [2.75, 3.05) is 11.1 Å². The van der Waals surface area contributed by atoms with E-state index in [0.29, 0.717) is 11.7 Å². The maximum Gasteiger partial charge on any atom is 0.234 e. The minimum absolute atomic E-state index is 0.0411. The van der Waals surface area contributed by atoms with Crippen molar-refractivity contribution >= 4 is 23.4 Å². The molecule has 1 amide bonds. The molecule has 0 aliphatic carbocycles. The normalized spacial score (nSPS) is 11.2. The van der Waals surface area contributed by atoms with E-state index in [9.17, 15) is 4.79 Å². The Morgan fingerprint density at radius 1 is 1.18 bits per heavy atom. The van der Waals surface area contributed by atoms with E-state index in [1.54, 1.807) is 0 Å². The monoisotopic (exact) mass is 318 g/mol. The molecule has 1 N–H and O–H groups in total. The van der Waals surface area contributed by atoms with Crippen molar-refractivity contribution in [3.8, 4) is 0 Å². The average molecular weight is 318 g/mol. The molecule has 0 spiro atoms. The molecule has 0 bridgehead atoms. The Labute approximate surface area is 135 Å². The summed E-state index contributed by atoms with van der Waals surface area (Å²) in [6.07, 6.45) is 0. The predicted octanol–water partition coefficient (Wildman–Crippen LogP) is 3.71. The van der Waals surface area contributed by atoms with Crippen molar-refractivity contribution in [3.05, 3.63) is 36.2 Å². The van der Waals surface area contributed by atoms with Gasteiger partial charge in [0.05, 0.1) is 5.75 Å². The topological polar surface area (TPSA) is 59.8 Å². The Morgan fingerprint density at radius 2 is 1.86 bits per heavy atom. The molecule has 0 aliphatic rings. The summed E-state index contributed by atoms with van der Waals surface area (Å²) in [6.45, 7) is 8.39. The maximum absolute atomic E-state index is 12.0. The number of aromatic nitrogens is 3. The number of carbonyl (C=O) groups excluding carboxylic acids is 1. The lowest BCUT2D eigenvalue weighted by molar-refractivity contribution is -0.113. The third-order valence-corrected chi connectivity index (χ3v) is 4.06. The smallest absolute Gasteiger partial charge is 0.234 e. The van der Waals surface area contributed by atoms with E-state index in [1.165, 1.54) is 11.8 Å². The zero-order valence-electron chi connectivity index (χ0n) is 13.4. The molecule has 0 saturated carbocycles. The molecule has 118 valence electrons. The van der Waals surface area contributed by atoms with Crippen LogP contribution in [0, 0.1) is 0 Å². The SMILES string of the molecule is CC(C)c1nnc(SCC(=O)Nc2ccccc2)n1C(C)C. The van der Waals surface area contributed by atoms with E-state index in [0.717, 1.165) is 16.7 Å². The first-order chi connectivity index (χ1) is 10.5. The van der Waals surface area contributed by atoms with Crippen molar-refractivity contribution in [2.45, 2.75) is 44.8 Å². The number of amides is 1. The Bertz CT molecular complexity index is 622. The van der Waals surface area contributed by atoms with Gasteiger partial charge in [-0.25, -0.2) is 0 Å². The van der Waals surface area contributed by atoms with E-state index in [4.69, 9.17) is 0 Å². The predicted molar refractivity (Wildman–Crippen MR) is 90.3 cm³/mol. The molecule has 1 aromatic carbocycles. The largest absolute Gasteiger partial charge is 0.325 e. The van der Waals surface area contributed by atoms with Crippen molar-refractivity contribution < 1.29 is 4.79 Å². The number of hydrogen-bond donors (Lipinski definition) is 1. The highest BCUT2D eigenvalue weighted by Gasteiger charge is 2.18. The van der Waals surface area contributed by atoms with Crippen LogP contribution in [-0.4, -0.2) is 26.4 Å². The molecular formula is C16H22N4OS. The number of anilines is 1. The highest BCUT2D eigenvalue weighted by molar-refractivity contribution is 7.99. The van der Waals surface area contributed by atoms with Gasteiger partial charge in [0.1, 0.15) is 5.82 Å². The van der Waals surface area contributed by atoms with Crippen LogP contribution in [-0.2, 0) is 4.79 Å². The van der Waals surface area contributed by atoms with Gasteiger partial charge in [0, 0.05) is 17.6 Å². The molecule has 6 heteroatoms. The molecule has 0 saturated heterocycles. The number of nitrogens with one attached hydrogen (secondary N) is 1. The van der Waals surface area contributed by atoms with Crippen LogP contribution in [0.2, 0.25) is 0 Å². The highest BCUT2D eigenvalue weighted by Crippen LogP contribution is 2.25. The molecule has 2 aromatic rings. The summed E-state index contributed by atoms with van der Waals surface area (Å²) in [5, 5.41) is 12.2. The summed E-state index contributed by atoms with van der Waals surface area (Å²) in [4.78, 5) is 12.0. The van der Waals surface area contributed by atoms with Crippen molar-refractivity contribution in [2.24, 2.45) is 0 Å². The number of rotatable bonds is 6. The van der Waals surface area contributed by atoms with Crippen molar-refractivity contribution in [1.29, 1.82) is 0 Å². The minimum atomic E-state index is -0.0411. The van der Waals surface area contributed by atoms with Crippen molar-refractivity contribution in [1.82, 2.24) is 14.8 Å². The first kappa shape index (κ1) is 16.5. The summed E-state index contributed by atoms with van der Waals surface area (Å²) in [6, 6.07) is 9.72. The molecule has 5 nitrogen and oxygen atoms in total. The first-order valence-corrected chi connectivity index (χ1v) is 8.40. The molecule has 0 aliphatic heterocycles. The molecule has 22 heavy (non-hydrogen) atoms. The second-order valence-corrected chi connectivity index (χ2v) is 6.60. The Balaban J connectivity index is 2.01. The van der Waals surface area contributed by atoms with Crippen LogP contribution in [0.1, 0.15) is 45.5 Å². The van der Waals surface area contributed by atoms with Gasteiger partial charge in [-0.2, -0.15) is 0 Å². The third-order valence-electron chi connectivity index (χ3n) is 3.11. The fourth-order valence-corrected chi connectivity index (χ4v) is 2.99. The summed E-state index contributed by atoms with van der Waals surface area (Å²) < 4.78 is 2.10. The van der Waals surface area contributed by atoms with Gasteiger partial charge >= 0.3 is 0 Å². The molecule has 0 fully saturated rings. The van der Waals surface area contributed by atoms with E-state index in [-0.39, 0.29) is 11.9 Å². The molecule has 1 aromatic heterocycles. The highest BCUT2D eigenvalue weighted by atomic mass is 32.2. The number of nitrogens with zero attached hydrogens (tertiary/aromatic N) is 3. The number of hydrogen-bond acceptors (Lipinski definition) is 4. The lowest BCUT2D eigenvalue weighted by Gasteiger charge is -2.15. The van der Waals surface area contributed by atoms with Crippen LogP contribution < -0.4 is 5.32 Å². The minimum Gasteiger partial charge on any atom is -0.325 e. The van der Waals surface area contributed by atoms with E-state index < -0.39 is 0 Å². The molecular weight excluding hydrogens is 296 g/mol. The standard InChI is InChI=1S/C16H22N4OS/c1-11(2)15-18-19-16(20(15)12(3)4)22-10-14(21)17-13-8-6-5-7-9-13/h5-9,11-12H,10H2,1-4H3,(H,17,21). The van der Waals surface area contributed by atoms with Gasteiger partial charge in [0.2, 0.25) is 5.91 Å². The van der Waals surface area contributed by atoms with Crippen LogP contribution in [0.4, 0.5) is 5.69 Å². The first-order valence-electron chi connectivity index (χ1n) is 7.41. The summed E-state index contributed by atoms with van der Waals surface area (Å²) in [5.74, 6) is 1.54. The van der Waals surface area contributed by atoms with Gasteiger partial charge in [0.25, 0.3) is 0 Å². The van der Waals surface area contributed by atoms with Crippen LogP contribution in [0.15, 0.2) is 35.5 Å². The van der Waals surface area contributed by atoms with Crippen molar-refractivity contribution in [3.63, 3.8) is 0 Å². The number of para-hydroxylation sites is 1. The summed E-state index contributed by atoms with van der Waals surface area (Å²) in [5.41, 5.74) is 0.807. The van der Waals surface area contributed by atoms with Gasteiger partial charge in [-0.1, -0.05) is 43.8 Å². The zero-order valence-corrected chi connectivity index (χ0v) is 14.2. The van der Waals surface area contributed by atoms with Crippen LogP contribution in [0.25, 0.3) is 0 Å². The van der Waals surface area contributed by atoms with Gasteiger partial charge in [0.15, 0.2) is 5.16 Å². The van der Waals surface area contributed by atoms with Crippen LogP contribution >= 0.6 is 11.8 Å². The molecule has 0 unspecified atom stereocenters. The zero-order chi connectivity index (χ0) is 16.1. The second kappa shape index (κ2) is 7.45. The van der Waals surface area contributed by atoms with Crippen LogP contribution in [0.5, 0.6) is 0 Å². The van der Waals surface area contributed by atoms with E-state index in [1.807, 2.05) is 30.3 Å². The molecule has 2 rings (SSSR count). The second-order valence-electron chi connectivity index (χ2n) is 5.66. The lowest BCUT2D eigenvalue weighted by atomic mass is 10.2. The Hall–Kier alpha value is -1.82. The van der Waals surface area contributed by atoms with Gasteiger partial charge in [-0.05, 0) is 26.0 Å². The number of thioether (sulfide) groups is 1. The number of benzene rings is 1. The van der Waals surface area contributed by atoms with E-state index in [2.05, 4.69) is 47.8 Å². The quantitative estimate of drug-likeness (QED) is 0.825. The molecule has 0 radical (unpaired) electrons. The average Bonchev–Trinajstić information content (AvgIpc) is 2.90. The maximum atomic E-state index is 12.0. The fourth-order valence-electron chi connectivity index (χ4n) is 2.11. The van der Waals surface area contributed by atoms with E-state index >= 15 is 0 Å². The fraction of sp³-hybridized carbons (Fsp3) is 0.438. The van der Waals surface area contributed by atoms with Crippen LogP contribution in [0.3, 0.4) is 0 Å². The number of carbonyl (C=O) groups is 1. The summed E-state index contributed by atoms with van der Waals surface area (Å²) in [7, 11) is 0.